The van der Waals surface area contributed by atoms with Gasteiger partial charge in [0.15, 0.2) is 0 Å². The normalized spacial score (nSPS) is 17.7. The second kappa shape index (κ2) is 20.2. The van der Waals surface area contributed by atoms with E-state index in [-0.39, 0.29) is 13.2 Å². The van der Waals surface area contributed by atoms with Crippen LogP contribution in [0.1, 0.15) is 44.5 Å². The van der Waals surface area contributed by atoms with Crippen molar-refractivity contribution in [1.82, 2.24) is 0 Å². The predicted molar refractivity (Wildman–Crippen MR) is 249 cm³/mol. The fraction of sp³-hybridized carbons (Fsp3) is 0.172. The molecule has 0 unspecified atom stereocenters. The minimum Gasteiger partial charge on any atom is -0.368 e. The molecule has 0 aromatic heterocycles. The molecule has 5 heteroatoms. The van der Waals surface area contributed by atoms with Gasteiger partial charge in [-0.3, -0.25) is 0 Å². The molecule has 0 saturated carbocycles. The maximum absolute atomic E-state index is 7.47. The van der Waals surface area contributed by atoms with Crippen molar-refractivity contribution in [2.75, 3.05) is 13.2 Å². The van der Waals surface area contributed by atoms with Crippen LogP contribution in [0.2, 0.25) is 0 Å². The number of hydrogen-bond acceptors (Lipinski definition) is 5. The van der Waals surface area contributed by atoms with Crippen LogP contribution >= 0.6 is 0 Å². The minimum atomic E-state index is -0.963. The highest BCUT2D eigenvalue weighted by Gasteiger charge is 2.50. The standard InChI is InChI=1S/C58H52O5/c1-9-25-45(26-10-1)41-59-55-53(43-61-57(47-29-13-3-14-30-47,48-31-15-4-16-32-48)49-33-17-5-18-34-49)63-54(56(55)60-42-46-27-11-2-12-28-46)44-62-58(50-35-19-6-20-36-50,51-37-21-7-22-38-51)52-39-23-8-24-40-52/h1-40,53-56H,41-44H2/t53-,54-,55-,56-/m1/s1. The first-order chi connectivity index (χ1) is 31.2. The Balaban J connectivity index is 1.13. The van der Waals surface area contributed by atoms with Gasteiger partial charge >= 0.3 is 0 Å². The molecule has 63 heavy (non-hydrogen) atoms. The van der Waals surface area contributed by atoms with E-state index in [0.717, 1.165) is 44.5 Å². The Bertz CT molecular complexity index is 2170. The van der Waals surface area contributed by atoms with Gasteiger partial charge in [0.1, 0.15) is 35.6 Å². The summed E-state index contributed by atoms with van der Waals surface area (Å²) in [5.74, 6) is 0. The van der Waals surface area contributed by atoms with E-state index in [2.05, 4.69) is 170 Å². The molecule has 1 aliphatic heterocycles. The Hall–Kier alpha value is -6.44. The summed E-state index contributed by atoms with van der Waals surface area (Å²) in [6.45, 7) is 1.13. The molecule has 1 heterocycles. The van der Waals surface area contributed by atoms with Gasteiger partial charge in [-0.15, -0.1) is 0 Å². The molecule has 0 bridgehead atoms. The van der Waals surface area contributed by atoms with Crippen LogP contribution < -0.4 is 0 Å². The summed E-state index contributed by atoms with van der Waals surface area (Å²) in [5, 5.41) is 0. The number of benzene rings is 8. The molecule has 0 spiro atoms. The Labute approximate surface area is 371 Å². The number of hydrogen-bond donors (Lipinski definition) is 0. The van der Waals surface area contributed by atoms with E-state index < -0.39 is 35.6 Å². The zero-order chi connectivity index (χ0) is 42.6. The third kappa shape index (κ3) is 9.21. The first kappa shape index (κ1) is 41.9. The number of ether oxygens (including phenoxy) is 5. The number of rotatable bonds is 18. The van der Waals surface area contributed by atoms with Crippen LogP contribution in [0, 0.1) is 0 Å². The quantitative estimate of drug-likeness (QED) is 0.0806. The smallest absolute Gasteiger partial charge is 0.143 e. The molecule has 5 nitrogen and oxygen atoms in total. The Morgan fingerprint density at radius 2 is 0.524 bits per heavy atom. The van der Waals surface area contributed by atoms with Crippen molar-refractivity contribution in [3.8, 4) is 0 Å². The molecule has 1 fully saturated rings. The van der Waals surface area contributed by atoms with Crippen molar-refractivity contribution < 1.29 is 23.7 Å². The van der Waals surface area contributed by atoms with Gasteiger partial charge in [0, 0.05) is 0 Å². The average Bonchev–Trinajstić information content (AvgIpc) is 3.71. The maximum Gasteiger partial charge on any atom is 0.143 e. The fourth-order valence-electron chi connectivity index (χ4n) is 8.96. The lowest BCUT2D eigenvalue weighted by atomic mass is 9.80. The van der Waals surface area contributed by atoms with Gasteiger partial charge in [0.05, 0.1) is 26.4 Å². The molecule has 314 valence electrons. The zero-order valence-corrected chi connectivity index (χ0v) is 35.3. The third-order valence-electron chi connectivity index (χ3n) is 12.0. The van der Waals surface area contributed by atoms with Gasteiger partial charge in [-0.2, -0.15) is 0 Å². The monoisotopic (exact) mass is 828 g/mol. The van der Waals surface area contributed by atoms with Crippen LogP contribution in [0.5, 0.6) is 0 Å². The van der Waals surface area contributed by atoms with E-state index in [1.807, 2.05) is 72.8 Å². The molecule has 0 N–H and O–H groups in total. The van der Waals surface area contributed by atoms with Crippen molar-refractivity contribution in [2.45, 2.75) is 48.8 Å². The fourth-order valence-corrected chi connectivity index (χ4v) is 8.96. The summed E-state index contributed by atoms with van der Waals surface area (Å²) >= 11 is 0. The lowest BCUT2D eigenvalue weighted by Gasteiger charge is -2.37. The van der Waals surface area contributed by atoms with E-state index in [1.165, 1.54) is 0 Å². The first-order valence-electron chi connectivity index (χ1n) is 21.8. The van der Waals surface area contributed by atoms with Crippen molar-refractivity contribution >= 4 is 0 Å². The first-order valence-corrected chi connectivity index (χ1v) is 21.8. The second-order valence-corrected chi connectivity index (χ2v) is 15.9. The Kier molecular flexibility index (Phi) is 13.4. The summed E-state index contributed by atoms with van der Waals surface area (Å²) < 4.78 is 36.2. The molecule has 1 aliphatic rings. The van der Waals surface area contributed by atoms with Crippen LogP contribution in [-0.4, -0.2) is 37.6 Å². The van der Waals surface area contributed by atoms with Crippen LogP contribution in [0.25, 0.3) is 0 Å². The summed E-state index contributed by atoms with van der Waals surface area (Å²) in [6.07, 6.45) is -2.14. The van der Waals surface area contributed by atoms with E-state index in [4.69, 9.17) is 23.7 Å². The van der Waals surface area contributed by atoms with Gasteiger partial charge in [-0.1, -0.05) is 243 Å². The highest BCUT2D eigenvalue weighted by Crippen LogP contribution is 2.44. The lowest BCUT2D eigenvalue weighted by Crippen LogP contribution is -2.43. The second-order valence-electron chi connectivity index (χ2n) is 15.9. The SMILES string of the molecule is c1ccc(CO[C@H]2[C@H](OCc3ccccc3)[C@@H](COC(c3ccccc3)(c3ccccc3)c3ccccc3)O[C@@H]2COC(c2ccccc2)(c2ccccc2)c2ccccc2)cc1. The minimum absolute atomic E-state index is 0.195. The molecule has 8 aromatic rings. The van der Waals surface area contributed by atoms with Gasteiger partial charge in [0.2, 0.25) is 0 Å². The molecule has 0 radical (unpaired) electrons. The largest absolute Gasteiger partial charge is 0.368 e. The molecule has 4 atom stereocenters. The lowest BCUT2D eigenvalue weighted by molar-refractivity contribution is -0.113. The van der Waals surface area contributed by atoms with Crippen LogP contribution in [0.3, 0.4) is 0 Å². The molecular formula is C58H52O5. The highest BCUT2D eigenvalue weighted by atomic mass is 16.6. The van der Waals surface area contributed by atoms with Gasteiger partial charge in [-0.05, 0) is 44.5 Å². The molecule has 8 aromatic carbocycles. The predicted octanol–water partition coefficient (Wildman–Crippen LogP) is 11.9. The average molecular weight is 829 g/mol. The maximum atomic E-state index is 7.47. The molecule has 0 amide bonds. The van der Waals surface area contributed by atoms with Gasteiger partial charge in [0.25, 0.3) is 0 Å². The Morgan fingerprint density at radius 3 is 0.762 bits per heavy atom. The van der Waals surface area contributed by atoms with Gasteiger partial charge < -0.3 is 23.7 Å². The van der Waals surface area contributed by atoms with Crippen molar-refractivity contribution in [2.24, 2.45) is 0 Å². The molecule has 9 rings (SSSR count). The van der Waals surface area contributed by atoms with E-state index >= 15 is 0 Å². The van der Waals surface area contributed by atoms with E-state index in [1.54, 1.807) is 0 Å². The Morgan fingerprint density at radius 1 is 0.302 bits per heavy atom. The molecular weight excluding hydrogens is 777 g/mol. The summed E-state index contributed by atoms with van der Waals surface area (Å²) in [6, 6.07) is 83.2. The van der Waals surface area contributed by atoms with Crippen LogP contribution in [0.15, 0.2) is 243 Å². The van der Waals surface area contributed by atoms with Crippen molar-refractivity contribution in [3.63, 3.8) is 0 Å². The van der Waals surface area contributed by atoms with Crippen LogP contribution in [0.4, 0.5) is 0 Å². The van der Waals surface area contributed by atoms with Crippen LogP contribution in [-0.2, 0) is 48.1 Å². The van der Waals surface area contributed by atoms with E-state index in [9.17, 15) is 0 Å². The highest BCUT2D eigenvalue weighted by molar-refractivity contribution is 5.49. The summed E-state index contributed by atoms with van der Waals surface area (Å²) in [4.78, 5) is 0. The topological polar surface area (TPSA) is 46.2 Å². The van der Waals surface area contributed by atoms with Crippen molar-refractivity contribution in [3.05, 3.63) is 287 Å². The molecule has 0 aliphatic carbocycles. The third-order valence-corrected chi connectivity index (χ3v) is 12.0. The van der Waals surface area contributed by atoms with E-state index in [0.29, 0.717) is 13.2 Å². The summed E-state index contributed by atoms with van der Waals surface area (Å²) in [5.41, 5.74) is 6.26. The summed E-state index contributed by atoms with van der Waals surface area (Å²) in [7, 11) is 0. The van der Waals surface area contributed by atoms with Gasteiger partial charge in [-0.25, -0.2) is 0 Å². The molecule has 1 saturated heterocycles. The zero-order valence-electron chi connectivity index (χ0n) is 35.3. The van der Waals surface area contributed by atoms with Crippen molar-refractivity contribution in [1.29, 1.82) is 0 Å².